The van der Waals surface area contributed by atoms with Crippen LogP contribution >= 0.6 is 0 Å². The third kappa shape index (κ3) is 8.58. The Hall–Kier alpha value is -0.0151. The molecule has 0 aliphatic carbocycles. The highest BCUT2D eigenvalue weighted by atomic mass is 16.6. The van der Waals surface area contributed by atoms with Gasteiger partial charge >= 0.3 is 7.12 Å². The van der Waals surface area contributed by atoms with Crippen LogP contribution in [-0.2, 0) is 9.31 Å². The Balaban J connectivity index is 4.16. The van der Waals surface area contributed by atoms with E-state index in [0.29, 0.717) is 0 Å². The summed E-state index contributed by atoms with van der Waals surface area (Å²) in [6.07, 6.45) is 2.03. The molecule has 0 N–H and O–H groups in total. The minimum absolute atomic E-state index is 0.0833. The summed E-state index contributed by atoms with van der Waals surface area (Å²) >= 11 is 0. The fraction of sp³-hybridized carbons (Fsp3) is 1.00. The molecule has 0 aliphatic heterocycles. The zero-order valence-corrected chi connectivity index (χ0v) is 10.8. The third-order valence-corrected chi connectivity index (χ3v) is 1.49. The monoisotopic (exact) mass is 200 g/mol. The molecule has 0 heterocycles. The molecule has 2 nitrogen and oxygen atoms in total. The van der Waals surface area contributed by atoms with Crippen LogP contribution in [0.25, 0.3) is 0 Å². The standard InChI is InChI=1S/C11H25BO2/c1-8-9-12(13-10(2,3)4)14-11(5,6)7/h8-9H2,1-7H3. The van der Waals surface area contributed by atoms with Gasteiger partial charge in [-0.25, -0.2) is 0 Å². The van der Waals surface area contributed by atoms with Gasteiger partial charge in [-0.2, -0.15) is 0 Å². The minimum atomic E-state index is -0.134. The lowest BCUT2D eigenvalue weighted by Gasteiger charge is -2.30. The number of hydrogen-bond donors (Lipinski definition) is 0. The number of rotatable bonds is 4. The largest absolute Gasteiger partial charge is 0.457 e. The van der Waals surface area contributed by atoms with Crippen molar-refractivity contribution in [3.8, 4) is 0 Å². The van der Waals surface area contributed by atoms with Gasteiger partial charge in [-0.1, -0.05) is 13.3 Å². The van der Waals surface area contributed by atoms with Gasteiger partial charge in [0, 0.05) is 11.2 Å². The first-order chi connectivity index (χ1) is 6.14. The van der Waals surface area contributed by atoms with E-state index in [2.05, 4.69) is 48.5 Å². The van der Waals surface area contributed by atoms with Crippen molar-refractivity contribution in [1.82, 2.24) is 0 Å². The molecule has 0 bridgehead atoms. The first-order valence-corrected chi connectivity index (χ1v) is 5.50. The Morgan fingerprint density at radius 3 is 1.43 bits per heavy atom. The maximum atomic E-state index is 5.83. The van der Waals surface area contributed by atoms with Crippen LogP contribution in [0.4, 0.5) is 0 Å². The van der Waals surface area contributed by atoms with Gasteiger partial charge in [-0.05, 0) is 47.9 Å². The molecule has 0 spiro atoms. The molecule has 3 heteroatoms. The van der Waals surface area contributed by atoms with Crippen molar-refractivity contribution in [2.24, 2.45) is 0 Å². The molecule has 0 aromatic heterocycles. The summed E-state index contributed by atoms with van der Waals surface area (Å²) in [4.78, 5) is 0. The quantitative estimate of drug-likeness (QED) is 0.646. The summed E-state index contributed by atoms with van der Waals surface area (Å²) < 4.78 is 11.7. The Morgan fingerprint density at radius 2 is 1.21 bits per heavy atom. The molecule has 0 aromatic rings. The molecule has 0 aliphatic rings. The Kier molecular flexibility index (Phi) is 5.17. The van der Waals surface area contributed by atoms with Gasteiger partial charge in [0.15, 0.2) is 0 Å². The molecule has 14 heavy (non-hydrogen) atoms. The van der Waals surface area contributed by atoms with E-state index in [4.69, 9.17) is 9.31 Å². The van der Waals surface area contributed by atoms with Crippen molar-refractivity contribution in [3.63, 3.8) is 0 Å². The highest BCUT2D eigenvalue weighted by Gasteiger charge is 2.28. The van der Waals surface area contributed by atoms with E-state index >= 15 is 0 Å². The molecule has 0 rings (SSSR count). The molecule has 0 radical (unpaired) electrons. The predicted octanol–water partition coefficient (Wildman–Crippen LogP) is 3.51. The van der Waals surface area contributed by atoms with Crippen LogP contribution in [0.1, 0.15) is 54.9 Å². The molecule has 0 saturated heterocycles. The van der Waals surface area contributed by atoms with Gasteiger partial charge in [0.1, 0.15) is 0 Å². The van der Waals surface area contributed by atoms with E-state index in [1.165, 1.54) is 0 Å². The van der Waals surface area contributed by atoms with Crippen LogP contribution in [0.3, 0.4) is 0 Å². The second kappa shape index (κ2) is 5.17. The van der Waals surface area contributed by atoms with Crippen molar-refractivity contribution in [2.75, 3.05) is 0 Å². The second-order valence-corrected chi connectivity index (χ2v) is 5.68. The lowest BCUT2D eigenvalue weighted by molar-refractivity contribution is 0.0338. The van der Waals surface area contributed by atoms with E-state index in [-0.39, 0.29) is 18.3 Å². The van der Waals surface area contributed by atoms with Crippen molar-refractivity contribution in [3.05, 3.63) is 0 Å². The summed E-state index contributed by atoms with van der Waals surface area (Å²) in [6.45, 7) is 14.5. The highest BCUT2D eigenvalue weighted by Crippen LogP contribution is 2.18. The van der Waals surface area contributed by atoms with Crippen LogP contribution in [0.15, 0.2) is 0 Å². The third-order valence-electron chi connectivity index (χ3n) is 1.49. The maximum absolute atomic E-state index is 5.83. The van der Waals surface area contributed by atoms with Crippen molar-refractivity contribution >= 4 is 7.12 Å². The summed E-state index contributed by atoms with van der Waals surface area (Å²) in [6, 6.07) is 0. The van der Waals surface area contributed by atoms with Crippen LogP contribution in [0.2, 0.25) is 6.32 Å². The van der Waals surface area contributed by atoms with Gasteiger partial charge in [0.05, 0.1) is 0 Å². The Morgan fingerprint density at radius 1 is 0.857 bits per heavy atom. The van der Waals surface area contributed by atoms with E-state index in [0.717, 1.165) is 12.7 Å². The van der Waals surface area contributed by atoms with Crippen LogP contribution < -0.4 is 0 Å². The number of hydrogen-bond acceptors (Lipinski definition) is 2. The minimum Gasteiger partial charge on any atom is -0.406 e. The molecule has 84 valence electrons. The maximum Gasteiger partial charge on any atom is 0.457 e. The fourth-order valence-corrected chi connectivity index (χ4v) is 1.17. The average molecular weight is 200 g/mol. The van der Waals surface area contributed by atoms with Crippen LogP contribution in [0, 0.1) is 0 Å². The first kappa shape index (κ1) is 14.0. The lowest BCUT2D eigenvalue weighted by Crippen LogP contribution is -2.38. The molecular weight excluding hydrogens is 175 g/mol. The summed E-state index contributed by atoms with van der Waals surface area (Å²) in [7, 11) is -0.0833. The molecule has 0 fully saturated rings. The van der Waals surface area contributed by atoms with Gasteiger partial charge in [0.25, 0.3) is 0 Å². The van der Waals surface area contributed by atoms with Crippen LogP contribution in [-0.4, -0.2) is 18.3 Å². The summed E-state index contributed by atoms with van der Waals surface area (Å²) in [5.74, 6) is 0. The lowest BCUT2D eigenvalue weighted by atomic mass is 9.80. The van der Waals surface area contributed by atoms with E-state index in [1.807, 2.05) is 0 Å². The fourth-order valence-electron chi connectivity index (χ4n) is 1.17. The summed E-state index contributed by atoms with van der Waals surface area (Å²) in [5, 5.41) is 0. The summed E-state index contributed by atoms with van der Waals surface area (Å²) in [5.41, 5.74) is -0.268. The van der Waals surface area contributed by atoms with E-state index in [1.54, 1.807) is 0 Å². The smallest absolute Gasteiger partial charge is 0.406 e. The molecule has 0 atom stereocenters. The predicted molar refractivity (Wildman–Crippen MR) is 62.5 cm³/mol. The van der Waals surface area contributed by atoms with Gasteiger partial charge in [-0.3, -0.25) is 0 Å². The first-order valence-electron chi connectivity index (χ1n) is 5.50. The van der Waals surface area contributed by atoms with Gasteiger partial charge in [0.2, 0.25) is 0 Å². The normalized spacial score (nSPS) is 13.1. The Labute approximate surface area is 89.5 Å². The molecule has 0 aromatic carbocycles. The van der Waals surface area contributed by atoms with E-state index in [9.17, 15) is 0 Å². The second-order valence-electron chi connectivity index (χ2n) is 5.68. The zero-order chi connectivity index (χ0) is 11.4. The molecule has 0 unspecified atom stereocenters. The molecule has 0 amide bonds. The van der Waals surface area contributed by atoms with Gasteiger partial charge < -0.3 is 9.31 Å². The van der Waals surface area contributed by atoms with Crippen molar-refractivity contribution < 1.29 is 9.31 Å². The van der Waals surface area contributed by atoms with Crippen molar-refractivity contribution in [1.29, 1.82) is 0 Å². The average Bonchev–Trinajstić information content (AvgIpc) is 1.78. The molecule has 0 saturated carbocycles. The van der Waals surface area contributed by atoms with E-state index < -0.39 is 0 Å². The SMILES string of the molecule is CCCB(OC(C)(C)C)OC(C)(C)C. The van der Waals surface area contributed by atoms with Crippen molar-refractivity contribution in [2.45, 2.75) is 72.4 Å². The molecular formula is C11H25BO2. The topological polar surface area (TPSA) is 18.5 Å². The van der Waals surface area contributed by atoms with Gasteiger partial charge in [-0.15, -0.1) is 0 Å². The van der Waals surface area contributed by atoms with Crippen LogP contribution in [0.5, 0.6) is 0 Å². The Bertz CT molecular complexity index is 140. The highest BCUT2D eigenvalue weighted by molar-refractivity contribution is 6.44. The zero-order valence-electron chi connectivity index (χ0n) is 10.8.